The lowest BCUT2D eigenvalue weighted by Gasteiger charge is -2.08. The quantitative estimate of drug-likeness (QED) is 0.586. The lowest BCUT2D eigenvalue weighted by molar-refractivity contribution is -0.147. The molecule has 2 N–H and O–H groups in total. The van der Waals surface area contributed by atoms with Gasteiger partial charge >= 0.3 is 5.97 Å². The molecular formula is C22H19ClN2O4. The number of fused-ring (bicyclic) bond motifs is 1. The van der Waals surface area contributed by atoms with Crippen molar-refractivity contribution in [1.29, 1.82) is 0 Å². The predicted molar refractivity (Wildman–Crippen MR) is 111 cm³/mol. The van der Waals surface area contributed by atoms with Crippen molar-refractivity contribution < 1.29 is 19.1 Å². The van der Waals surface area contributed by atoms with E-state index in [4.69, 9.17) is 16.3 Å². The topological polar surface area (TPSA) is 84.5 Å². The summed E-state index contributed by atoms with van der Waals surface area (Å²) in [4.78, 5) is 35.8. The van der Waals surface area contributed by atoms with Crippen molar-refractivity contribution >= 4 is 40.2 Å². The van der Waals surface area contributed by atoms with Gasteiger partial charge in [0.1, 0.15) is 6.54 Å². The van der Waals surface area contributed by atoms with Crippen LogP contribution in [0.3, 0.4) is 0 Å². The second kappa shape index (κ2) is 9.71. The first-order valence-electron chi connectivity index (χ1n) is 8.95. The van der Waals surface area contributed by atoms with E-state index in [2.05, 4.69) is 10.6 Å². The molecule has 148 valence electrons. The highest BCUT2D eigenvalue weighted by Gasteiger charge is 2.11. The van der Waals surface area contributed by atoms with Crippen LogP contribution in [-0.2, 0) is 20.9 Å². The molecule has 0 unspecified atom stereocenters. The molecule has 0 atom stereocenters. The molecule has 2 amide bonds. The van der Waals surface area contributed by atoms with Crippen LogP contribution in [0.2, 0.25) is 5.02 Å². The van der Waals surface area contributed by atoms with Crippen LogP contribution in [0.1, 0.15) is 15.9 Å². The van der Waals surface area contributed by atoms with Gasteiger partial charge in [-0.3, -0.25) is 14.4 Å². The van der Waals surface area contributed by atoms with Crippen molar-refractivity contribution in [1.82, 2.24) is 10.6 Å². The van der Waals surface area contributed by atoms with Gasteiger partial charge in [0.15, 0.2) is 6.61 Å². The Labute approximate surface area is 172 Å². The largest absolute Gasteiger partial charge is 0.454 e. The number of esters is 1. The Morgan fingerprint density at radius 3 is 2.45 bits per heavy atom. The molecule has 29 heavy (non-hydrogen) atoms. The van der Waals surface area contributed by atoms with E-state index in [-0.39, 0.29) is 13.1 Å². The second-order valence-corrected chi connectivity index (χ2v) is 6.75. The average molecular weight is 411 g/mol. The fourth-order valence-electron chi connectivity index (χ4n) is 2.68. The number of benzene rings is 3. The molecule has 3 aromatic rings. The van der Waals surface area contributed by atoms with Crippen molar-refractivity contribution in [2.75, 3.05) is 13.2 Å². The molecule has 7 heteroatoms. The Kier molecular flexibility index (Phi) is 6.81. The minimum Gasteiger partial charge on any atom is -0.454 e. The van der Waals surface area contributed by atoms with Crippen LogP contribution in [0.4, 0.5) is 0 Å². The zero-order valence-corrected chi connectivity index (χ0v) is 16.2. The smallest absolute Gasteiger partial charge is 0.325 e. The molecule has 3 aromatic carbocycles. The fourth-order valence-corrected chi connectivity index (χ4v) is 2.89. The van der Waals surface area contributed by atoms with Crippen molar-refractivity contribution in [2.45, 2.75) is 6.54 Å². The minimum absolute atomic E-state index is 0.273. The van der Waals surface area contributed by atoms with Crippen LogP contribution < -0.4 is 10.6 Å². The number of carbonyl (C=O) groups is 3. The van der Waals surface area contributed by atoms with Crippen molar-refractivity contribution in [2.24, 2.45) is 0 Å². The molecule has 0 aromatic heterocycles. The van der Waals surface area contributed by atoms with E-state index in [0.29, 0.717) is 10.6 Å². The summed E-state index contributed by atoms with van der Waals surface area (Å²) in [6.45, 7) is -0.478. The number of hydrogen-bond donors (Lipinski definition) is 2. The number of nitrogens with one attached hydrogen (secondary N) is 2. The van der Waals surface area contributed by atoms with E-state index >= 15 is 0 Å². The first-order chi connectivity index (χ1) is 14.0. The molecule has 0 fully saturated rings. The lowest BCUT2D eigenvalue weighted by Crippen LogP contribution is -2.33. The Hall–Kier alpha value is -3.38. The zero-order valence-electron chi connectivity index (χ0n) is 15.5. The summed E-state index contributed by atoms with van der Waals surface area (Å²) in [7, 11) is 0. The highest BCUT2D eigenvalue weighted by Crippen LogP contribution is 2.15. The molecule has 0 saturated carbocycles. The van der Waals surface area contributed by atoms with Gasteiger partial charge in [-0.05, 0) is 40.6 Å². The monoisotopic (exact) mass is 410 g/mol. The summed E-state index contributed by atoms with van der Waals surface area (Å²) in [6.07, 6.45) is 0. The van der Waals surface area contributed by atoms with Crippen LogP contribution in [0.5, 0.6) is 0 Å². The number of amides is 2. The Bertz CT molecular complexity index is 1050. The van der Waals surface area contributed by atoms with Crippen molar-refractivity contribution in [3.63, 3.8) is 0 Å². The van der Waals surface area contributed by atoms with Crippen LogP contribution in [0.25, 0.3) is 10.8 Å². The van der Waals surface area contributed by atoms with Crippen LogP contribution in [0.15, 0.2) is 66.7 Å². The van der Waals surface area contributed by atoms with Gasteiger partial charge < -0.3 is 15.4 Å². The Balaban J connectivity index is 1.40. The molecule has 0 radical (unpaired) electrons. The molecule has 0 aliphatic rings. The highest BCUT2D eigenvalue weighted by atomic mass is 35.5. The van der Waals surface area contributed by atoms with Crippen LogP contribution >= 0.6 is 11.6 Å². The van der Waals surface area contributed by atoms with Gasteiger partial charge in [-0.2, -0.15) is 0 Å². The molecule has 0 aliphatic heterocycles. The van der Waals surface area contributed by atoms with E-state index in [1.165, 1.54) is 0 Å². The SMILES string of the molecule is O=C(COC(=O)CNC(=O)c1ccc2ccccc2c1)NCc1cccc(Cl)c1. The highest BCUT2D eigenvalue weighted by molar-refractivity contribution is 6.30. The van der Waals surface area contributed by atoms with E-state index in [1.807, 2.05) is 36.4 Å². The molecule has 0 spiro atoms. The summed E-state index contributed by atoms with van der Waals surface area (Å²) in [6, 6.07) is 20.0. The molecule has 0 aliphatic carbocycles. The van der Waals surface area contributed by atoms with Gasteiger partial charge in [-0.25, -0.2) is 0 Å². The summed E-state index contributed by atoms with van der Waals surface area (Å²) in [5.74, 6) is -1.53. The normalized spacial score (nSPS) is 10.4. The predicted octanol–water partition coefficient (Wildman–Crippen LogP) is 3.08. The van der Waals surface area contributed by atoms with E-state index in [1.54, 1.807) is 30.3 Å². The van der Waals surface area contributed by atoms with E-state index < -0.39 is 24.4 Å². The van der Waals surface area contributed by atoms with Crippen LogP contribution in [0, 0.1) is 0 Å². The number of rotatable bonds is 7. The van der Waals surface area contributed by atoms with Gasteiger partial charge in [-0.15, -0.1) is 0 Å². The fraction of sp³-hybridized carbons (Fsp3) is 0.136. The van der Waals surface area contributed by atoms with E-state index in [9.17, 15) is 14.4 Å². The van der Waals surface area contributed by atoms with Gasteiger partial charge in [0.25, 0.3) is 11.8 Å². The standard InChI is InChI=1S/C22H19ClN2O4/c23-19-7-3-4-15(10-19)12-24-20(26)14-29-21(27)13-25-22(28)18-9-8-16-5-1-2-6-17(16)11-18/h1-11H,12-14H2,(H,24,26)(H,25,28). The summed E-state index contributed by atoms with van der Waals surface area (Å²) in [5.41, 5.74) is 1.27. The minimum atomic E-state index is -0.697. The number of hydrogen-bond acceptors (Lipinski definition) is 4. The van der Waals surface area contributed by atoms with Gasteiger partial charge in [-0.1, -0.05) is 54.1 Å². The molecule has 6 nitrogen and oxygen atoms in total. The third-order valence-electron chi connectivity index (χ3n) is 4.15. The van der Waals surface area contributed by atoms with E-state index in [0.717, 1.165) is 16.3 Å². The van der Waals surface area contributed by atoms with Gasteiger partial charge in [0, 0.05) is 17.1 Å². The third-order valence-corrected chi connectivity index (χ3v) is 4.38. The average Bonchev–Trinajstić information content (AvgIpc) is 2.74. The molecular weight excluding hydrogens is 392 g/mol. The lowest BCUT2D eigenvalue weighted by atomic mass is 10.1. The zero-order chi connectivity index (χ0) is 20.6. The maximum atomic E-state index is 12.2. The van der Waals surface area contributed by atoms with Crippen molar-refractivity contribution in [3.8, 4) is 0 Å². The molecule has 0 saturated heterocycles. The van der Waals surface area contributed by atoms with Crippen molar-refractivity contribution in [3.05, 3.63) is 82.9 Å². The molecule has 0 bridgehead atoms. The number of halogens is 1. The first kappa shape index (κ1) is 20.4. The maximum absolute atomic E-state index is 12.2. The first-order valence-corrected chi connectivity index (χ1v) is 9.33. The second-order valence-electron chi connectivity index (χ2n) is 6.31. The number of carbonyl (C=O) groups excluding carboxylic acids is 3. The van der Waals surface area contributed by atoms with Gasteiger partial charge in [0.05, 0.1) is 0 Å². The van der Waals surface area contributed by atoms with Crippen LogP contribution in [-0.4, -0.2) is 30.9 Å². The van der Waals surface area contributed by atoms with Gasteiger partial charge in [0.2, 0.25) is 0 Å². The summed E-state index contributed by atoms with van der Waals surface area (Å²) < 4.78 is 4.88. The molecule has 3 rings (SSSR count). The summed E-state index contributed by atoms with van der Waals surface area (Å²) in [5, 5.41) is 7.64. The maximum Gasteiger partial charge on any atom is 0.325 e. The Morgan fingerprint density at radius 1 is 0.862 bits per heavy atom. The summed E-state index contributed by atoms with van der Waals surface area (Å²) >= 11 is 5.88. The third kappa shape index (κ3) is 6.05. The molecule has 0 heterocycles. The number of ether oxygens (including phenoxy) is 1. The Morgan fingerprint density at radius 2 is 1.66 bits per heavy atom.